The highest BCUT2D eigenvalue weighted by molar-refractivity contribution is 6.06. The second-order valence-electron chi connectivity index (χ2n) is 5.76. The van der Waals surface area contributed by atoms with Gasteiger partial charge in [0, 0.05) is 37.2 Å². The summed E-state index contributed by atoms with van der Waals surface area (Å²) in [5, 5.41) is 47.3. The molecule has 2 rings (SSSR count). The fourth-order valence-electron chi connectivity index (χ4n) is 2.48. The zero-order valence-corrected chi connectivity index (χ0v) is 14.4. The molecule has 0 aromatic heterocycles. The van der Waals surface area contributed by atoms with Gasteiger partial charge < -0.3 is 20.4 Å². The van der Waals surface area contributed by atoms with Crippen molar-refractivity contribution in [2.75, 3.05) is 13.2 Å². The quantitative estimate of drug-likeness (QED) is 0.402. The van der Waals surface area contributed by atoms with Gasteiger partial charge >= 0.3 is 0 Å². The van der Waals surface area contributed by atoms with E-state index < -0.39 is 12.2 Å². The molecule has 6 heteroatoms. The second-order valence-corrected chi connectivity index (χ2v) is 5.76. The second kappa shape index (κ2) is 10.6. The van der Waals surface area contributed by atoms with Crippen molar-refractivity contribution < 1.29 is 20.4 Å². The summed E-state index contributed by atoms with van der Waals surface area (Å²) >= 11 is 0. The molecule has 0 amide bonds. The number of nitrogens with zero attached hydrogens (tertiary/aromatic N) is 2. The Labute approximate surface area is 152 Å². The zero-order chi connectivity index (χ0) is 18.8. The molecule has 4 N–H and O–H groups in total. The molecule has 2 unspecified atom stereocenters. The first kappa shape index (κ1) is 19.9. The molecule has 2 aromatic carbocycles. The van der Waals surface area contributed by atoms with Crippen LogP contribution in [-0.2, 0) is 0 Å². The third kappa shape index (κ3) is 5.57. The van der Waals surface area contributed by atoms with Crippen molar-refractivity contribution in [3.63, 3.8) is 0 Å². The Kier molecular flexibility index (Phi) is 8.11. The minimum atomic E-state index is -0.988. The fraction of sp³-hybridized carbons (Fsp3) is 0.300. The van der Waals surface area contributed by atoms with E-state index in [-0.39, 0.29) is 26.1 Å². The predicted molar refractivity (Wildman–Crippen MR) is 101 cm³/mol. The fourth-order valence-corrected chi connectivity index (χ4v) is 2.48. The lowest BCUT2D eigenvalue weighted by molar-refractivity contribution is 0.182. The standard InChI is InChI=1S/C20H24N2O4/c23-13-11-17(25)19(15-7-3-1-4-8-15)21-22-20(18(26)12-14-24)16-9-5-2-6-10-16/h1-10,17-18,23-26H,11-14H2. The van der Waals surface area contributed by atoms with Crippen LogP contribution in [-0.4, -0.2) is 57.3 Å². The van der Waals surface area contributed by atoms with E-state index in [1.54, 1.807) is 24.3 Å². The molecule has 0 aliphatic rings. The molecule has 2 aromatic rings. The lowest BCUT2D eigenvalue weighted by atomic mass is 10.0. The van der Waals surface area contributed by atoms with Crippen molar-refractivity contribution in [3.8, 4) is 0 Å². The zero-order valence-electron chi connectivity index (χ0n) is 14.4. The predicted octanol–water partition coefficient (Wildman–Crippen LogP) is 1.37. The number of aliphatic hydroxyl groups excluding tert-OH is 4. The van der Waals surface area contributed by atoms with Crippen LogP contribution >= 0.6 is 0 Å². The highest BCUT2D eigenvalue weighted by Gasteiger charge is 2.17. The van der Waals surface area contributed by atoms with Crippen LogP contribution < -0.4 is 0 Å². The van der Waals surface area contributed by atoms with Crippen LogP contribution in [0.4, 0.5) is 0 Å². The van der Waals surface area contributed by atoms with Gasteiger partial charge in [-0.1, -0.05) is 60.7 Å². The molecule has 0 heterocycles. The lowest BCUT2D eigenvalue weighted by Gasteiger charge is -2.14. The molecule has 26 heavy (non-hydrogen) atoms. The number of benzene rings is 2. The van der Waals surface area contributed by atoms with Crippen LogP contribution in [0.1, 0.15) is 24.0 Å². The summed E-state index contributed by atoms with van der Waals surface area (Å²) in [7, 11) is 0. The minimum Gasteiger partial charge on any atom is -0.396 e. The molecule has 0 saturated heterocycles. The van der Waals surface area contributed by atoms with E-state index in [4.69, 9.17) is 10.2 Å². The van der Waals surface area contributed by atoms with Gasteiger partial charge in [0.1, 0.15) is 12.2 Å². The third-order valence-electron chi connectivity index (χ3n) is 3.84. The summed E-state index contributed by atoms with van der Waals surface area (Å²) in [5.74, 6) is 0. The van der Waals surface area contributed by atoms with Gasteiger partial charge in [-0.05, 0) is 0 Å². The van der Waals surface area contributed by atoms with Gasteiger partial charge in [0.05, 0.1) is 11.4 Å². The van der Waals surface area contributed by atoms with E-state index >= 15 is 0 Å². The molecule has 0 bridgehead atoms. The van der Waals surface area contributed by atoms with E-state index in [9.17, 15) is 10.2 Å². The average molecular weight is 356 g/mol. The molecular weight excluding hydrogens is 332 g/mol. The Morgan fingerprint density at radius 2 is 1.00 bits per heavy atom. The Morgan fingerprint density at radius 3 is 1.31 bits per heavy atom. The Hall–Kier alpha value is -2.38. The topological polar surface area (TPSA) is 106 Å². The molecular formula is C20H24N2O4. The van der Waals surface area contributed by atoms with Crippen molar-refractivity contribution in [1.82, 2.24) is 0 Å². The summed E-state index contributed by atoms with van der Waals surface area (Å²) in [5.41, 5.74) is 1.98. The molecule has 0 aliphatic heterocycles. The summed E-state index contributed by atoms with van der Waals surface area (Å²) in [6.07, 6.45) is -1.72. The van der Waals surface area contributed by atoms with Gasteiger partial charge in [0.2, 0.25) is 0 Å². The number of hydrogen-bond acceptors (Lipinski definition) is 6. The van der Waals surface area contributed by atoms with Gasteiger partial charge in [-0.25, -0.2) is 0 Å². The Bertz CT molecular complexity index is 654. The Morgan fingerprint density at radius 1 is 0.654 bits per heavy atom. The van der Waals surface area contributed by atoms with Gasteiger partial charge in [-0.15, -0.1) is 0 Å². The van der Waals surface area contributed by atoms with Crippen molar-refractivity contribution in [2.45, 2.75) is 25.0 Å². The highest BCUT2D eigenvalue weighted by Crippen LogP contribution is 2.12. The first-order chi connectivity index (χ1) is 12.7. The van der Waals surface area contributed by atoms with E-state index in [1.807, 2.05) is 36.4 Å². The third-order valence-corrected chi connectivity index (χ3v) is 3.84. The molecule has 2 atom stereocenters. The monoisotopic (exact) mass is 356 g/mol. The van der Waals surface area contributed by atoms with E-state index in [1.165, 1.54) is 0 Å². The largest absolute Gasteiger partial charge is 0.396 e. The van der Waals surface area contributed by atoms with Crippen LogP contribution in [0.25, 0.3) is 0 Å². The van der Waals surface area contributed by atoms with Gasteiger partial charge in [0.15, 0.2) is 0 Å². The minimum absolute atomic E-state index is 0.128. The van der Waals surface area contributed by atoms with Crippen LogP contribution in [0.15, 0.2) is 70.9 Å². The van der Waals surface area contributed by atoms with E-state index in [2.05, 4.69) is 10.2 Å². The van der Waals surface area contributed by atoms with Gasteiger partial charge in [0.25, 0.3) is 0 Å². The van der Waals surface area contributed by atoms with E-state index in [0.717, 1.165) is 0 Å². The van der Waals surface area contributed by atoms with E-state index in [0.29, 0.717) is 22.6 Å². The summed E-state index contributed by atoms with van der Waals surface area (Å²) < 4.78 is 0. The average Bonchev–Trinajstić information content (AvgIpc) is 2.67. The smallest absolute Gasteiger partial charge is 0.101 e. The number of rotatable bonds is 9. The van der Waals surface area contributed by atoms with Crippen molar-refractivity contribution in [3.05, 3.63) is 71.8 Å². The molecule has 138 valence electrons. The molecule has 0 radical (unpaired) electrons. The van der Waals surface area contributed by atoms with Crippen molar-refractivity contribution in [2.24, 2.45) is 10.2 Å². The van der Waals surface area contributed by atoms with Gasteiger partial charge in [-0.3, -0.25) is 0 Å². The normalized spacial score (nSPS) is 14.9. The number of hydrogen-bond donors (Lipinski definition) is 4. The lowest BCUT2D eigenvalue weighted by Crippen LogP contribution is -2.25. The van der Waals surface area contributed by atoms with Crippen LogP contribution in [0, 0.1) is 0 Å². The maximum Gasteiger partial charge on any atom is 0.101 e. The summed E-state index contributed by atoms with van der Waals surface area (Å²) in [6.45, 7) is -0.370. The molecule has 0 aliphatic carbocycles. The highest BCUT2D eigenvalue weighted by atomic mass is 16.3. The molecule has 0 fully saturated rings. The van der Waals surface area contributed by atoms with Crippen molar-refractivity contribution in [1.29, 1.82) is 0 Å². The Balaban J connectivity index is 2.46. The summed E-state index contributed by atoms with van der Waals surface area (Å²) in [6, 6.07) is 18.1. The molecule has 6 nitrogen and oxygen atoms in total. The van der Waals surface area contributed by atoms with Crippen LogP contribution in [0.5, 0.6) is 0 Å². The van der Waals surface area contributed by atoms with Crippen molar-refractivity contribution >= 4 is 11.4 Å². The molecule has 0 spiro atoms. The SMILES string of the molecule is OCCC(O)C(=NN=C(c1ccccc1)C(O)CCO)c1ccccc1. The first-order valence-electron chi connectivity index (χ1n) is 8.51. The van der Waals surface area contributed by atoms with Gasteiger partial charge in [-0.2, -0.15) is 10.2 Å². The maximum absolute atomic E-state index is 10.3. The molecule has 0 saturated carbocycles. The summed E-state index contributed by atoms with van der Waals surface area (Å²) in [4.78, 5) is 0. The number of aliphatic hydroxyl groups is 4. The van der Waals surface area contributed by atoms with Crippen LogP contribution in [0.3, 0.4) is 0 Å². The maximum atomic E-state index is 10.3. The van der Waals surface area contributed by atoms with Crippen LogP contribution in [0.2, 0.25) is 0 Å². The first-order valence-corrected chi connectivity index (χ1v) is 8.51.